The number of hydrogen-bond donors (Lipinski definition) is 1. The quantitative estimate of drug-likeness (QED) is 0.679. The average Bonchev–Trinajstić information content (AvgIpc) is 2.90. The maximum absolute atomic E-state index is 12.1. The molecule has 0 saturated carbocycles. The van der Waals surface area contributed by atoms with Gasteiger partial charge in [-0.2, -0.15) is 0 Å². The van der Waals surface area contributed by atoms with Gasteiger partial charge in [-0.1, -0.05) is 6.92 Å². The molecule has 1 amide bonds. The van der Waals surface area contributed by atoms with Crippen molar-refractivity contribution in [2.75, 3.05) is 13.1 Å². The fourth-order valence-corrected chi connectivity index (χ4v) is 2.51. The molecular formula is C14H16N4O4. The van der Waals surface area contributed by atoms with Crippen molar-refractivity contribution in [1.29, 1.82) is 0 Å². The Kier molecular flexibility index (Phi) is 3.66. The van der Waals surface area contributed by atoms with Crippen molar-refractivity contribution in [3.05, 3.63) is 28.3 Å². The van der Waals surface area contributed by atoms with Crippen LogP contribution in [0.2, 0.25) is 0 Å². The lowest BCUT2D eigenvalue weighted by Gasteiger charge is -2.28. The molecule has 22 heavy (non-hydrogen) atoms. The monoisotopic (exact) mass is 304 g/mol. The van der Waals surface area contributed by atoms with E-state index in [-0.39, 0.29) is 11.6 Å². The van der Waals surface area contributed by atoms with E-state index >= 15 is 0 Å². The number of rotatable bonds is 2. The van der Waals surface area contributed by atoms with Crippen molar-refractivity contribution in [3.63, 3.8) is 0 Å². The second kappa shape index (κ2) is 5.63. The van der Waals surface area contributed by atoms with Gasteiger partial charge in [0.05, 0.1) is 15.8 Å². The van der Waals surface area contributed by atoms with Gasteiger partial charge in [0.1, 0.15) is 0 Å². The number of nitro benzene ring substituents is 1. The van der Waals surface area contributed by atoms with Crippen molar-refractivity contribution in [2.24, 2.45) is 5.92 Å². The molecule has 1 fully saturated rings. The fraction of sp³-hybridized carbons (Fsp3) is 0.429. The molecule has 3 rings (SSSR count). The minimum Gasteiger partial charge on any atom is -0.389 e. The fourth-order valence-electron chi connectivity index (χ4n) is 2.51. The Bertz CT molecular complexity index is 719. The molecule has 0 aliphatic carbocycles. The Hall–Kier alpha value is -2.64. The highest BCUT2D eigenvalue weighted by Gasteiger charge is 2.23. The van der Waals surface area contributed by atoms with Gasteiger partial charge >= 0.3 is 6.09 Å². The van der Waals surface area contributed by atoms with Crippen LogP contribution in [0.1, 0.15) is 19.8 Å². The number of amides is 1. The third kappa shape index (κ3) is 2.72. The molecule has 116 valence electrons. The summed E-state index contributed by atoms with van der Waals surface area (Å²) >= 11 is 0. The topological polar surface area (TPSA) is 101 Å². The first-order valence-electron chi connectivity index (χ1n) is 7.14. The van der Waals surface area contributed by atoms with Gasteiger partial charge in [0, 0.05) is 25.2 Å². The third-order valence-electron chi connectivity index (χ3n) is 3.95. The normalized spacial score (nSPS) is 16.0. The number of nitro groups is 1. The van der Waals surface area contributed by atoms with E-state index in [0.717, 1.165) is 12.8 Å². The number of H-pyrrole nitrogens is 1. The Morgan fingerprint density at radius 3 is 2.86 bits per heavy atom. The van der Waals surface area contributed by atoms with E-state index in [9.17, 15) is 14.9 Å². The summed E-state index contributed by atoms with van der Waals surface area (Å²) in [6.45, 7) is 3.51. The number of carbonyl (C=O) groups excluding carboxylic acids is 1. The van der Waals surface area contributed by atoms with Gasteiger partial charge in [-0.15, -0.1) is 5.10 Å². The smallest absolute Gasteiger partial charge is 0.389 e. The second-order valence-electron chi connectivity index (χ2n) is 5.55. The lowest BCUT2D eigenvalue weighted by molar-refractivity contribution is -0.384. The lowest BCUT2D eigenvalue weighted by Crippen LogP contribution is -2.39. The number of aromatic amines is 1. The van der Waals surface area contributed by atoms with Crippen molar-refractivity contribution >= 4 is 22.7 Å². The van der Waals surface area contributed by atoms with Gasteiger partial charge in [0.15, 0.2) is 0 Å². The average molecular weight is 304 g/mol. The molecule has 0 unspecified atom stereocenters. The molecule has 1 saturated heterocycles. The van der Waals surface area contributed by atoms with Crippen LogP contribution in [0.4, 0.5) is 10.5 Å². The molecule has 1 N–H and O–H groups in total. The van der Waals surface area contributed by atoms with Crippen LogP contribution in [-0.2, 0) is 0 Å². The number of likely N-dealkylation sites (tertiary alicyclic amines) is 1. The van der Waals surface area contributed by atoms with E-state index in [0.29, 0.717) is 29.9 Å². The molecule has 1 aromatic carbocycles. The summed E-state index contributed by atoms with van der Waals surface area (Å²) in [6, 6.07) is 4.25. The van der Waals surface area contributed by atoms with Crippen molar-refractivity contribution < 1.29 is 14.5 Å². The Morgan fingerprint density at radius 2 is 2.18 bits per heavy atom. The Morgan fingerprint density at radius 1 is 1.45 bits per heavy atom. The highest BCUT2D eigenvalue weighted by molar-refractivity contribution is 5.87. The number of nitrogens with one attached hydrogen (secondary N) is 1. The van der Waals surface area contributed by atoms with E-state index in [1.165, 1.54) is 18.2 Å². The lowest BCUT2D eigenvalue weighted by atomic mass is 10.00. The predicted molar refractivity (Wildman–Crippen MR) is 78.7 cm³/mol. The standard InChI is InChI=1S/C14H16N4O4/c1-9-4-6-17(7-5-9)14(19)22-13-11-3-2-10(18(20)21)8-12(11)15-16-13/h2-3,8-9H,4-7H2,1H3,(H,15,16). The summed E-state index contributed by atoms with van der Waals surface area (Å²) in [5.74, 6) is 0.768. The third-order valence-corrected chi connectivity index (χ3v) is 3.95. The number of aromatic nitrogens is 2. The molecule has 0 bridgehead atoms. The summed E-state index contributed by atoms with van der Waals surface area (Å²) in [4.78, 5) is 24.0. The number of ether oxygens (including phenoxy) is 1. The van der Waals surface area contributed by atoms with E-state index in [2.05, 4.69) is 17.1 Å². The summed E-state index contributed by atoms with van der Waals surface area (Å²) < 4.78 is 5.32. The van der Waals surface area contributed by atoms with Gasteiger partial charge in [0.2, 0.25) is 0 Å². The molecular weight excluding hydrogens is 288 g/mol. The highest BCUT2D eigenvalue weighted by Crippen LogP contribution is 2.27. The number of hydrogen-bond acceptors (Lipinski definition) is 5. The van der Waals surface area contributed by atoms with Crippen LogP contribution in [0.15, 0.2) is 18.2 Å². The van der Waals surface area contributed by atoms with Gasteiger partial charge < -0.3 is 9.64 Å². The van der Waals surface area contributed by atoms with Crippen LogP contribution in [0.3, 0.4) is 0 Å². The van der Waals surface area contributed by atoms with Gasteiger partial charge in [-0.3, -0.25) is 15.2 Å². The van der Waals surface area contributed by atoms with E-state index in [1.54, 1.807) is 4.90 Å². The molecule has 8 heteroatoms. The van der Waals surface area contributed by atoms with Crippen molar-refractivity contribution in [1.82, 2.24) is 15.1 Å². The maximum atomic E-state index is 12.1. The largest absolute Gasteiger partial charge is 0.416 e. The predicted octanol–water partition coefficient (Wildman–Crippen LogP) is 2.70. The molecule has 0 radical (unpaired) electrons. The zero-order valence-corrected chi connectivity index (χ0v) is 12.1. The molecule has 1 aliphatic rings. The van der Waals surface area contributed by atoms with E-state index < -0.39 is 11.0 Å². The highest BCUT2D eigenvalue weighted by atomic mass is 16.6. The van der Waals surface area contributed by atoms with Gasteiger partial charge in [-0.25, -0.2) is 4.79 Å². The van der Waals surface area contributed by atoms with Gasteiger partial charge in [0.25, 0.3) is 11.6 Å². The summed E-state index contributed by atoms with van der Waals surface area (Å²) in [5, 5.41) is 17.9. The van der Waals surface area contributed by atoms with E-state index in [1.807, 2.05) is 0 Å². The molecule has 2 heterocycles. The zero-order valence-electron chi connectivity index (χ0n) is 12.1. The second-order valence-corrected chi connectivity index (χ2v) is 5.55. The van der Waals surface area contributed by atoms with Gasteiger partial charge in [-0.05, 0) is 24.8 Å². The first kappa shape index (κ1) is 14.3. The summed E-state index contributed by atoms with van der Waals surface area (Å²) in [5.41, 5.74) is 0.420. The maximum Gasteiger partial charge on any atom is 0.416 e. The number of carbonyl (C=O) groups is 1. The van der Waals surface area contributed by atoms with Crippen LogP contribution in [0.5, 0.6) is 5.88 Å². The number of benzene rings is 1. The zero-order chi connectivity index (χ0) is 15.7. The molecule has 8 nitrogen and oxygen atoms in total. The molecule has 0 spiro atoms. The molecule has 0 atom stereocenters. The SMILES string of the molecule is CC1CCN(C(=O)Oc2n[nH]c3cc([N+](=O)[O-])ccc23)CC1. The molecule has 2 aromatic rings. The molecule has 1 aliphatic heterocycles. The first-order valence-corrected chi connectivity index (χ1v) is 7.14. The number of piperidine rings is 1. The van der Waals surface area contributed by atoms with Crippen molar-refractivity contribution in [3.8, 4) is 5.88 Å². The summed E-state index contributed by atoms with van der Waals surface area (Å²) in [6.07, 6.45) is 1.49. The minimum atomic E-state index is -0.485. The Labute approximate surface area is 126 Å². The van der Waals surface area contributed by atoms with Crippen LogP contribution in [0, 0.1) is 16.0 Å². The van der Waals surface area contributed by atoms with Crippen LogP contribution in [0.25, 0.3) is 10.9 Å². The van der Waals surface area contributed by atoms with Crippen LogP contribution < -0.4 is 4.74 Å². The molecule has 1 aromatic heterocycles. The number of nitrogens with zero attached hydrogens (tertiary/aromatic N) is 3. The van der Waals surface area contributed by atoms with E-state index in [4.69, 9.17) is 4.74 Å². The first-order chi connectivity index (χ1) is 10.5. The number of fused-ring (bicyclic) bond motifs is 1. The summed E-state index contributed by atoms with van der Waals surface area (Å²) in [7, 11) is 0. The minimum absolute atomic E-state index is 0.0426. The van der Waals surface area contributed by atoms with Crippen LogP contribution >= 0.6 is 0 Å². The van der Waals surface area contributed by atoms with Crippen LogP contribution in [-0.4, -0.2) is 39.2 Å². The van der Waals surface area contributed by atoms with Crippen molar-refractivity contribution in [2.45, 2.75) is 19.8 Å². The number of non-ortho nitro benzene ring substituents is 1. The Balaban J connectivity index is 1.76.